The molecule has 324 valence electrons. The van der Waals surface area contributed by atoms with E-state index < -0.39 is 80.9 Å². The summed E-state index contributed by atoms with van der Waals surface area (Å²) in [7, 11) is -4.44. The van der Waals surface area contributed by atoms with Gasteiger partial charge < -0.3 is 34.0 Å². The van der Waals surface area contributed by atoms with Crippen molar-refractivity contribution in [3.05, 3.63) is 22.6 Å². The quantitative estimate of drug-likeness (QED) is 0.0311. The first-order valence-corrected chi connectivity index (χ1v) is 22.1. The Bertz CT molecular complexity index is 1560. The molecule has 19 heteroatoms. The van der Waals surface area contributed by atoms with Crippen LogP contribution < -0.4 is 21.5 Å². The number of H-pyrrole nitrogens is 1. The van der Waals surface area contributed by atoms with Gasteiger partial charge in [0.15, 0.2) is 0 Å². The number of nitrogens with two attached hydrogens (primary N) is 1. The smallest absolute Gasteiger partial charge is 0.324 e. The van der Waals surface area contributed by atoms with Gasteiger partial charge in [-0.3, -0.25) is 33.5 Å². The Morgan fingerprint density at radius 3 is 1.68 bits per heavy atom. The minimum absolute atomic E-state index is 0.0251. The van der Waals surface area contributed by atoms with Gasteiger partial charge in [-0.05, 0) is 31.7 Å². The number of unbranched alkanes of at least 4 members (excludes halogenated alkanes) is 8. The molecule has 2 heterocycles. The van der Waals surface area contributed by atoms with Gasteiger partial charge >= 0.3 is 23.9 Å². The van der Waals surface area contributed by atoms with Crippen molar-refractivity contribution in [3.63, 3.8) is 0 Å². The number of aromatic nitrogens is 3. The van der Waals surface area contributed by atoms with Crippen molar-refractivity contribution in [2.75, 3.05) is 45.2 Å². The molecule has 0 aliphatic heterocycles. The van der Waals surface area contributed by atoms with E-state index in [-0.39, 0.29) is 50.0 Å². The average Bonchev–Trinajstić information content (AvgIpc) is 3.58. The first-order valence-electron chi connectivity index (χ1n) is 20.2. The van der Waals surface area contributed by atoms with E-state index in [1.165, 1.54) is 16.8 Å². The van der Waals surface area contributed by atoms with Crippen LogP contribution in [0.5, 0.6) is 0 Å². The van der Waals surface area contributed by atoms with E-state index in [0.717, 1.165) is 51.4 Å². The van der Waals surface area contributed by atoms with E-state index >= 15 is 4.57 Å². The number of esters is 4. The number of anilines is 1. The Hall–Kier alpha value is -3.86. The van der Waals surface area contributed by atoms with Crippen LogP contribution in [-0.4, -0.2) is 96.1 Å². The van der Waals surface area contributed by atoms with Crippen molar-refractivity contribution in [1.29, 1.82) is 0 Å². The number of nitrogen functional groups attached to an aromatic ring is 1. The van der Waals surface area contributed by atoms with Crippen LogP contribution in [0.1, 0.15) is 118 Å². The zero-order valence-corrected chi connectivity index (χ0v) is 34.9. The van der Waals surface area contributed by atoms with Gasteiger partial charge in [0, 0.05) is 6.20 Å². The summed E-state index contributed by atoms with van der Waals surface area (Å²) in [5.41, 5.74) is 5.39. The molecule has 0 saturated carbocycles. The number of fused-ring (bicyclic) bond motifs is 1. The number of alkyl halides is 1. The molecular formula is C38H64FN6O11P. The molecule has 0 amide bonds. The number of nitrogens with one attached hydrogen (secondary N) is 3. The highest BCUT2D eigenvalue weighted by atomic mass is 31.2. The maximum absolute atomic E-state index is 15.0. The molecule has 0 saturated heterocycles. The number of ether oxygens (including phenoxy) is 5. The molecule has 0 fully saturated rings. The first kappa shape index (κ1) is 49.3. The van der Waals surface area contributed by atoms with E-state index in [2.05, 4.69) is 20.1 Å². The number of hydrogen-bond donors (Lipinski definition) is 4. The van der Waals surface area contributed by atoms with Gasteiger partial charge in [0.1, 0.15) is 36.9 Å². The second kappa shape index (κ2) is 27.7. The molecule has 0 bridgehead atoms. The van der Waals surface area contributed by atoms with Gasteiger partial charge in [0.2, 0.25) is 13.4 Å². The van der Waals surface area contributed by atoms with E-state index in [1.54, 1.807) is 0 Å². The van der Waals surface area contributed by atoms with E-state index in [4.69, 9.17) is 29.4 Å². The van der Waals surface area contributed by atoms with Gasteiger partial charge in [-0.25, -0.2) is 14.6 Å². The second-order valence-electron chi connectivity index (χ2n) is 13.8. The molecule has 0 unspecified atom stereocenters. The normalized spacial score (nSPS) is 13.2. The van der Waals surface area contributed by atoms with Crippen LogP contribution >= 0.6 is 7.44 Å². The van der Waals surface area contributed by atoms with Crippen LogP contribution in [0.3, 0.4) is 0 Å². The molecular weight excluding hydrogens is 766 g/mol. The SMILES string of the molecule is CCCCCOC(=O)C[C@H](NP(=O)(CO[C@@H](CF)Cn1ccc2c(=O)[nH]c(N)nc21)N[C@@H](CC(=O)OCCCCC)C(=O)OCCCCC)C(=O)OCCCCC. The first-order chi connectivity index (χ1) is 27.4. The summed E-state index contributed by atoms with van der Waals surface area (Å²) in [5.74, 6) is -3.53. The van der Waals surface area contributed by atoms with Crippen molar-refractivity contribution in [1.82, 2.24) is 24.7 Å². The Morgan fingerprint density at radius 1 is 0.789 bits per heavy atom. The molecule has 0 aromatic carbocycles. The van der Waals surface area contributed by atoms with Crippen LogP contribution in [0.25, 0.3) is 11.0 Å². The maximum atomic E-state index is 15.0. The number of aromatic amines is 1. The van der Waals surface area contributed by atoms with Gasteiger partial charge in [0.05, 0.1) is 51.2 Å². The summed E-state index contributed by atoms with van der Waals surface area (Å²) in [5, 5.41) is 5.52. The summed E-state index contributed by atoms with van der Waals surface area (Å²) in [6.45, 7) is 6.89. The predicted octanol–water partition coefficient (Wildman–Crippen LogP) is 5.44. The van der Waals surface area contributed by atoms with E-state index in [9.17, 15) is 28.4 Å². The summed E-state index contributed by atoms with van der Waals surface area (Å²) in [6, 6.07) is -1.66. The van der Waals surface area contributed by atoms with Crippen LogP contribution in [0.2, 0.25) is 0 Å². The molecule has 3 atom stereocenters. The lowest BCUT2D eigenvalue weighted by molar-refractivity contribution is -0.152. The lowest BCUT2D eigenvalue weighted by Gasteiger charge is -2.29. The minimum atomic E-state index is -4.44. The molecule has 2 aromatic heterocycles. The maximum Gasteiger partial charge on any atom is 0.324 e. The number of rotatable bonds is 32. The predicted molar refractivity (Wildman–Crippen MR) is 213 cm³/mol. The minimum Gasteiger partial charge on any atom is -0.466 e. The third-order valence-electron chi connectivity index (χ3n) is 8.76. The van der Waals surface area contributed by atoms with Gasteiger partial charge in [-0.1, -0.05) is 79.1 Å². The highest BCUT2D eigenvalue weighted by molar-refractivity contribution is 7.59. The fraction of sp³-hybridized carbons (Fsp3) is 0.737. The largest absolute Gasteiger partial charge is 0.466 e. The van der Waals surface area contributed by atoms with Crippen molar-refractivity contribution in [2.45, 2.75) is 142 Å². The summed E-state index contributed by atoms with van der Waals surface area (Å²) in [6.07, 6.45) is 7.09. The molecule has 5 N–H and O–H groups in total. The molecule has 0 spiro atoms. The molecule has 0 aliphatic carbocycles. The third kappa shape index (κ3) is 19.0. The van der Waals surface area contributed by atoms with Crippen molar-refractivity contribution < 1.29 is 51.8 Å². The lowest BCUT2D eigenvalue weighted by atomic mass is 10.2. The number of hydrogen-bond acceptors (Lipinski definition) is 13. The number of carbonyl (C=O) groups excluding carboxylic acids is 4. The number of nitrogens with zero attached hydrogens (tertiary/aromatic N) is 2. The Labute approximate surface area is 334 Å². The highest BCUT2D eigenvalue weighted by Crippen LogP contribution is 2.39. The summed E-state index contributed by atoms with van der Waals surface area (Å²) in [4.78, 5) is 71.9. The topological polar surface area (TPSA) is 232 Å². The van der Waals surface area contributed by atoms with Gasteiger partial charge in [0.25, 0.3) is 5.56 Å². The molecule has 2 rings (SSSR count). The Kier molecular flexibility index (Phi) is 24.0. The van der Waals surface area contributed by atoms with Crippen LogP contribution in [0, 0.1) is 0 Å². The van der Waals surface area contributed by atoms with E-state index in [0.29, 0.717) is 25.7 Å². The zero-order valence-electron chi connectivity index (χ0n) is 34.0. The molecule has 0 radical (unpaired) electrons. The van der Waals surface area contributed by atoms with Crippen LogP contribution in [0.4, 0.5) is 10.3 Å². The lowest BCUT2D eigenvalue weighted by Crippen LogP contribution is -2.47. The molecule has 17 nitrogen and oxygen atoms in total. The fourth-order valence-electron chi connectivity index (χ4n) is 5.57. The van der Waals surface area contributed by atoms with Crippen molar-refractivity contribution in [3.8, 4) is 0 Å². The number of carbonyl (C=O) groups is 4. The Morgan fingerprint density at radius 2 is 1.25 bits per heavy atom. The summed E-state index contributed by atoms with van der Waals surface area (Å²) >= 11 is 0. The van der Waals surface area contributed by atoms with Crippen LogP contribution in [0.15, 0.2) is 17.1 Å². The summed E-state index contributed by atoms with van der Waals surface area (Å²) < 4.78 is 58.5. The van der Waals surface area contributed by atoms with Gasteiger partial charge in [-0.2, -0.15) is 4.98 Å². The molecule has 0 aliphatic rings. The fourth-order valence-corrected chi connectivity index (χ4v) is 7.62. The van der Waals surface area contributed by atoms with E-state index in [1.807, 2.05) is 27.7 Å². The molecule has 2 aromatic rings. The van der Waals surface area contributed by atoms with Crippen molar-refractivity contribution in [2.24, 2.45) is 0 Å². The number of halogens is 1. The Balaban J connectivity index is 2.48. The monoisotopic (exact) mass is 830 g/mol. The van der Waals surface area contributed by atoms with Crippen LogP contribution in [-0.2, 0) is 54.0 Å². The average molecular weight is 831 g/mol. The standard InChI is InChI=1S/C38H64FN6O11P/c1-5-9-13-19-52-32(46)23-30(36(49)54-21-15-11-7-3)43-57(51,27-56-28(25-39)26-45-18-17-29-34(45)41-38(40)42-35(29)48)44-31(37(50)55-22-16-12-8-4)24-33(47)53-20-14-10-6-2/h17-18,28,30-31H,5-16,19-27H2,1-4H3,(H2,43,44,51)(H3,40,41,42,48)/t28-,30-,31-/m0/s1. The molecule has 57 heavy (non-hydrogen) atoms. The van der Waals surface area contributed by atoms with Gasteiger partial charge in [-0.15, -0.1) is 0 Å². The third-order valence-corrected chi connectivity index (χ3v) is 10.7. The highest BCUT2D eigenvalue weighted by Gasteiger charge is 2.38. The second-order valence-corrected chi connectivity index (χ2v) is 16.1. The zero-order chi connectivity index (χ0) is 42.1. The van der Waals surface area contributed by atoms with Crippen molar-refractivity contribution >= 4 is 48.3 Å².